The Hall–Kier alpha value is -3.85. The first-order valence-corrected chi connectivity index (χ1v) is 15.7. The van der Waals surface area contributed by atoms with E-state index >= 15 is 0 Å². The second-order valence-electron chi connectivity index (χ2n) is 9.71. The third-order valence-electron chi connectivity index (χ3n) is 6.96. The topological polar surface area (TPSA) is 184 Å². The first kappa shape index (κ1) is 31.6. The lowest BCUT2D eigenvalue weighted by Gasteiger charge is -2.44. The maximum Gasteiger partial charge on any atom is 0.498 e. The van der Waals surface area contributed by atoms with Gasteiger partial charge in [0.15, 0.2) is 5.54 Å². The second-order valence-corrected chi connectivity index (χ2v) is 11.5. The van der Waals surface area contributed by atoms with E-state index in [-0.39, 0.29) is 12.0 Å². The number of halogens is 2. The largest absolute Gasteiger partial charge is 0.498 e. The van der Waals surface area contributed by atoms with E-state index in [1.165, 1.54) is 17.3 Å². The smallest absolute Gasteiger partial charge is 0.362 e. The molecular weight excluding hydrogens is 613 g/mol. The SMILES string of the molecule is [O-][Cl+3]([O-])([O-])OC1(O[Cl+3]([O-])([O-])[O-])CCC(=CNc2ccccc2)C1(C=Nc1ccccc1)N(c1ccccc1)c1ccccc1. The molecule has 0 spiro atoms. The molecule has 1 unspecified atom stereocenters. The van der Waals surface area contributed by atoms with Crippen molar-refractivity contribution in [2.45, 2.75) is 24.2 Å². The maximum absolute atomic E-state index is 12.3. The van der Waals surface area contributed by atoms with E-state index in [9.17, 15) is 28.0 Å². The van der Waals surface area contributed by atoms with E-state index in [1.807, 2.05) is 6.07 Å². The highest BCUT2D eigenvalue weighted by Crippen LogP contribution is 2.55. The number of para-hydroxylation sites is 4. The summed E-state index contributed by atoms with van der Waals surface area (Å²) in [6, 6.07) is 34.6. The van der Waals surface area contributed by atoms with E-state index in [1.54, 1.807) is 115 Å². The minimum Gasteiger partial charge on any atom is -0.362 e. The quantitative estimate of drug-likeness (QED) is 0.176. The molecule has 0 aromatic heterocycles. The summed E-state index contributed by atoms with van der Waals surface area (Å²) >= 11 is 0. The number of aliphatic imine (C=N–C) groups is 1. The van der Waals surface area contributed by atoms with Crippen molar-refractivity contribution in [1.82, 2.24) is 0 Å². The molecule has 0 amide bonds. The van der Waals surface area contributed by atoms with Gasteiger partial charge in [-0.05, 0) is 60.5 Å². The third kappa shape index (κ3) is 7.09. The Morgan fingerprint density at radius 1 is 0.659 bits per heavy atom. The van der Waals surface area contributed by atoms with Crippen LogP contribution >= 0.6 is 0 Å². The van der Waals surface area contributed by atoms with Crippen LogP contribution in [0, 0.1) is 20.5 Å². The van der Waals surface area contributed by atoms with Gasteiger partial charge in [-0.25, -0.2) is 0 Å². The van der Waals surface area contributed by atoms with Gasteiger partial charge in [-0.3, -0.25) is 4.99 Å². The van der Waals surface area contributed by atoms with Crippen LogP contribution in [0.25, 0.3) is 0 Å². The summed E-state index contributed by atoms with van der Waals surface area (Å²) in [5, 5.41) is 3.14. The molecule has 0 bridgehead atoms. The van der Waals surface area contributed by atoms with Crippen molar-refractivity contribution in [3.8, 4) is 0 Å². The summed E-state index contributed by atoms with van der Waals surface area (Å²) in [5.74, 6) is -2.95. The van der Waals surface area contributed by atoms with Gasteiger partial charge >= 0.3 is 5.79 Å². The molecule has 1 aliphatic carbocycles. The van der Waals surface area contributed by atoms with Crippen LogP contribution in [0.3, 0.4) is 0 Å². The van der Waals surface area contributed by atoms with Gasteiger partial charge < -0.3 is 10.2 Å². The van der Waals surface area contributed by atoms with Crippen molar-refractivity contribution in [2.24, 2.45) is 4.99 Å². The molecule has 11 nitrogen and oxygen atoms in total. The molecular formula is C31H27Cl2N3O8. The van der Waals surface area contributed by atoms with Gasteiger partial charge in [-0.2, -0.15) is 28.0 Å². The van der Waals surface area contributed by atoms with Crippen molar-refractivity contribution in [3.63, 3.8) is 0 Å². The summed E-state index contributed by atoms with van der Waals surface area (Å²) in [5.41, 5.74) is -0.0455. The normalized spacial score (nSPS) is 19.4. The van der Waals surface area contributed by atoms with Crippen LogP contribution in [0.4, 0.5) is 22.7 Å². The highest BCUT2D eigenvalue weighted by molar-refractivity contribution is 5.90. The Labute approximate surface area is 258 Å². The Bertz CT molecular complexity index is 1510. The molecule has 5 rings (SSSR count). The maximum atomic E-state index is 12.3. The van der Waals surface area contributed by atoms with Gasteiger partial charge in [-0.1, -0.05) is 72.8 Å². The predicted molar refractivity (Wildman–Crippen MR) is 145 cm³/mol. The van der Waals surface area contributed by atoms with Crippen molar-refractivity contribution >= 4 is 29.0 Å². The number of benzene rings is 4. The van der Waals surface area contributed by atoms with Crippen LogP contribution in [0.5, 0.6) is 0 Å². The van der Waals surface area contributed by atoms with E-state index in [0.29, 0.717) is 22.7 Å². The molecule has 0 aliphatic heterocycles. The molecule has 4 aromatic carbocycles. The first-order chi connectivity index (χ1) is 21.0. The zero-order valence-corrected chi connectivity index (χ0v) is 24.5. The number of hydrogen-bond acceptors (Lipinski definition) is 11. The zero-order chi connectivity index (χ0) is 31.3. The fraction of sp³-hybridized carbons (Fsp3) is 0.129. The molecule has 44 heavy (non-hydrogen) atoms. The first-order valence-electron chi connectivity index (χ1n) is 13.3. The Morgan fingerprint density at radius 2 is 1.11 bits per heavy atom. The van der Waals surface area contributed by atoms with E-state index in [0.717, 1.165) is 0 Å². The van der Waals surface area contributed by atoms with Gasteiger partial charge in [0.1, 0.15) is 8.58 Å². The number of rotatable bonds is 11. The van der Waals surface area contributed by atoms with Gasteiger partial charge in [0.05, 0.1) is 26.2 Å². The van der Waals surface area contributed by atoms with E-state index in [2.05, 4.69) is 10.3 Å². The average Bonchev–Trinajstić information content (AvgIpc) is 3.27. The molecule has 1 saturated carbocycles. The van der Waals surface area contributed by atoms with Crippen molar-refractivity contribution in [1.29, 1.82) is 0 Å². The summed E-state index contributed by atoms with van der Waals surface area (Å²) < 4.78 is 84.1. The molecule has 1 atom stereocenters. The number of nitrogens with zero attached hydrogens (tertiary/aromatic N) is 2. The molecule has 1 N–H and O–H groups in total. The Kier molecular flexibility index (Phi) is 9.34. The highest BCUT2D eigenvalue weighted by Gasteiger charge is 2.79. The number of hydrogen-bond donors (Lipinski definition) is 1. The zero-order valence-electron chi connectivity index (χ0n) is 23.0. The van der Waals surface area contributed by atoms with Crippen LogP contribution in [0.1, 0.15) is 12.8 Å². The van der Waals surface area contributed by atoms with Crippen LogP contribution < -0.4 is 38.2 Å². The molecule has 228 valence electrons. The highest BCUT2D eigenvalue weighted by atomic mass is 35.7. The molecule has 0 heterocycles. The Morgan fingerprint density at radius 3 is 1.59 bits per heavy atom. The minimum atomic E-state index is -5.36. The number of nitrogens with one attached hydrogen (secondary N) is 1. The summed E-state index contributed by atoms with van der Waals surface area (Å²) in [6.45, 7) is 0. The monoisotopic (exact) mass is 639 g/mol. The van der Waals surface area contributed by atoms with E-state index in [4.69, 9.17) is 8.58 Å². The van der Waals surface area contributed by atoms with Gasteiger partial charge in [0.2, 0.25) is 0 Å². The average molecular weight is 640 g/mol. The lowest BCUT2D eigenvalue weighted by molar-refractivity contribution is -1.94. The van der Waals surface area contributed by atoms with Gasteiger partial charge in [-0.15, -0.1) is 0 Å². The molecule has 0 radical (unpaired) electrons. The van der Waals surface area contributed by atoms with Crippen molar-refractivity contribution < 1.29 is 57.0 Å². The van der Waals surface area contributed by atoms with Gasteiger partial charge in [0, 0.05) is 35.9 Å². The molecule has 4 aromatic rings. The Balaban J connectivity index is 1.88. The van der Waals surface area contributed by atoms with Crippen LogP contribution in [-0.2, 0) is 8.58 Å². The van der Waals surface area contributed by atoms with Crippen LogP contribution in [0.15, 0.2) is 138 Å². The second kappa shape index (κ2) is 13.0. The van der Waals surface area contributed by atoms with Crippen LogP contribution in [-0.4, -0.2) is 17.5 Å². The van der Waals surface area contributed by atoms with Crippen molar-refractivity contribution in [2.75, 3.05) is 10.2 Å². The molecule has 0 saturated heterocycles. The number of anilines is 3. The minimum absolute atomic E-state index is 0.0904. The van der Waals surface area contributed by atoms with Crippen LogP contribution in [0.2, 0.25) is 0 Å². The lowest BCUT2D eigenvalue weighted by atomic mass is 9.85. The molecule has 13 heteroatoms. The summed E-state index contributed by atoms with van der Waals surface area (Å²) in [4.78, 5) is 6.13. The fourth-order valence-electron chi connectivity index (χ4n) is 5.27. The predicted octanol–water partition coefficient (Wildman–Crippen LogP) is 0.280. The molecule has 1 fully saturated rings. The third-order valence-corrected chi connectivity index (χ3v) is 7.83. The standard InChI is InChI=1S/C31H27Cl2N3O8/c37-32(38,39)43-31(44-33(40,41)42)22-21-25(23-34-26-13-5-1-6-14-26)30(31,24-35-27-15-7-2-8-16-27)36(28-17-9-3-10-18-28)29-19-11-4-12-20-29/h1-20,23-24,34H,21-22H2. The van der Waals surface area contributed by atoms with E-state index < -0.39 is 38.2 Å². The fourth-order valence-corrected chi connectivity index (χ4v) is 6.36. The summed E-state index contributed by atoms with van der Waals surface area (Å²) in [6.07, 6.45) is 2.14. The van der Waals surface area contributed by atoms with Crippen molar-refractivity contribution in [3.05, 3.63) is 133 Å². The lowest BCUT2D eigenvalue weighted by Crippen LogP contribution is -2.76. The van der Waals surface area contributed by atoms with Gasteiger partial charge in [0.25, 0.3) is 0 Å². The molecule has 1 aliphatic rings. The summed E-state index contributed by atoms with van der Waals surface area (Å²) in [7, 11) is -10.7.